The van der Waals surface area contributed by atoms with Gasteiger partial charge in [0.2, 0.25) is 0 Å². The average molecular weight is 550 g/mol. The number of fused-ring (bicyclic) bond motifs is 3. The van der Waals surface area contributed by atoms with Crippen molar-refractivity contribution in [3.63, 3.8) is 0 Å². The fourth-order valence-electron chi connectivity index (χ4n) is 7.79. The van der Waals surface area contributed by atoms with E-state index in [2.05, 4.69) is 36.9 Å². The number of carbonyl (C=O) groups is 1. The molecule has 1 aromatic heterocycles. The third kappa shape index (κ3) is 7.31. The van der Waals surface area contributed by atoms with Crippen molar-refractivity contribution in [2.24, 2.45) is 10.8 Å². The zero-order valence-corrected chi connectivity index (χ0v) is 25.6. The van der Waals surface area contributed by atoms with E-state index in [1.165, 1.54) is 79.8 Å². The molecular weight excluding hydrogens is 499 g/mol. The molecule has 2 unspecified atom stereocenters. The second-order valence-corrected chi connectivity index (χ2v) is 15.2. The van der Waals surface area contributed by atoms with Crippen molar-refractivity contribution in [1.82, 2.24) is 0 Å². The third-order valence-corrected chi connectivity index (χ3v) is 10.7. The molecular formula is C34H50BO3S. The second kappa shape index (κ2) is 12.3. The molecule has 3 aliphatic rings. The monoisotopic (exact) mass is 549 g/mol. The van der Waals surface area contributed by atoms with Crippen LogP contribution in [0.2, 0.25) is 0 Å². The molecule has 0 aliphatic heterocycles. The lowest BCUT2D eigenvalue weighted by molar-refractivity contribution is -0.173. The molecule has 5 heteroatoms. The summed E-state index contributed by atoms with van der Waals surface area (Å²) in [5.74, 6) is 0.0551. The number of hydrogen-bond acceptors (Lipinski definition) is 4. The lowest BCUT2D eigenvalue weighted by atomic mass is 9.51. The van der Waals surface area contributed by atoms with E-state index >= 15 is 0 Å². The topological polar surface area (TPSA) is 35.5 Å². The molecule has 2 aromatic rings. The fraction of sp³-hybridized carbons (Fsp3) is 0.735. The Morgan fingerprint density at radius 1 is 0.846 bits per heavy atom. The Hall–Kier alpha value is -1.33. The Kier molecular flexibility index (Phi) is 9.18. The van der Waals surface area contributed by atoms with E-state index in [0.29, 0.717) is 0 Å². The Morgan fingerprint density at radius 2 is 1.46 bits per heavy atom. The third-order valence-electron chi connectivity index (χ3n) is 9.79. The number of ether oxygens (including phenoxy) is 2. The zero-order valence-electron chi connectivity index (χ0n) is 24.8. The summed E-state index contributed by atoms with van der Waals surface area (Å²) in [6.07, 6.45) is 19.8. The van der Waals surface area contributed by atoms with Crippen molar-refractivity contribution in [3.05, 3.63) is 29.6 Å². The van der Waals surface area contributed by atoms with Crippen LogP contribution in [-0.4, -0.2) is 31.0 Å². The van der Waals surface area contributed by atoms with Crippen LogP contribution in [0.25, 0.3) is 10.1 Å². The van der Waals surface area contributed by atoms with Crippen LogP contribution in [0.4, 0.5) is 0 Å². The van der Waals surface area contributed by atoms with E-state index in [9.17, 15) is 4.79 Å². The minimum atomic E-state index is -0.443. The highest BCUT2D eigenvalue weighted by Crippen LogP contribution is 2.53. The maximum absolute atomic E-state index is 13.8. The zero-order chi connectivity index (χ0) is 27.4. The molecule has 5 rings (SSSR count). The fourth-order valence-corrected chi connectivity index (χ4v) is 8.56. The molecule has 1 heterocycles. The smallest absolute Gasteiger partial charge is 0.312 e. The molecule has 213 valence electrons. The van der Waals surface area contributed by atoms with Crippen molar-refractivity contribution < 1.29 is 14.3 Å². The molecule has 3 nitrogen and oxygen atoms in total. The molecule has 1 radical (unpaired) electrons. The molecule has 1 aromatic carbocycles. The lowest BCUT2D eigenvalue weighted by Crippen LogP contribution is -2.49. The van der Waals surface area contributed by atoms with Crippen molar-refractivity contribution in [1.29, 1.82) is 0 Å². The average Bonchev–Trinajstić information content (AvgIpc) is 3.22. The first-order valence-corrected chi connectivity index (χ1v) is 16.8. The van der Waals surface area contributed by atoms with Crippen LogP contribution in [0.5, 0.6) is 0 Å². The van der Waals surface area contributed by atoms with Crippen LogP contribution in [-0.2, 0) is 14.3 Å². The molecule has 39 heavy (non-hydrogen) atoms. The largest absolute Gasteiger partial charge is 0.460 e. The van der Waals surface area contributed by atoms with Crippen LogP contribution in [0.1, 0.15) is 130 Å². The van der Waals surface area contributed by atoms with E-state index < -0.39 is 5.60 Å². The van der Waals surface area contributed by atoms with E-state index in [0.717, 1.165) is 51.6 Å². The Labute approximate surface area is 242 Å². The summed E-state index contributed by atoms with van der Waals surface area (Å²) in [5, 5.41) is 3.52. The predicted molar refractivity (Wildman–Crippen MR) is 165 cm³/mol. The van der Waals surface area contributed by atoms with Gasteiger partial charge in [0.1, 0.15) is 5.60 Å². The van der Waals surface area contributed by atoms with Crippen LogP contribution < -0.4 is 5.46 Å². The summed E-state index contributed by atoms with van der Waals surface area (Å²) in [6, 6.07) is 9.15. The van der Waals surface area contributed by atoms with Gasteiger partial charge in [-0.2, -0.15) is 0 Å². The standard InChI is InChI=1S/C34H50BO3S/c1-31(2,3)38-30(36)33-19-9-7-8-17-32(25-33,18-12-13-20-33)26-37-34(21-10-5-4-6-11-22-34)35-28-14-15-29-27(24-28)16-23-39-29/h14-16,23-24H,4-13,17-22,25-26H2,1-3H3. The van der Waals surface area contributed by atoms with Gasteiger partial charge in [-0.15, -0.1) is 11.3 Å². The van der Waals surface area contributed by atoms with Gasteiger partial charge in [0.05, 0.1) is 12.0 Å². The normalized spacial score (nSPS) is 28.4. The van der Waals surface area contributed by atoms with Gasteiger partial charge in [0.15, 0.2) is 7.28 Å². The molecule has 0 N–H and O–H groups in total. The summed E-state index contributed by atoms with van der Waals surface area (Å²) < 4.78 is 14.8. The Morgan fingerprint density at radius 3 is 2.21 bits per heavy atom. The summed E-state index contributed by atoms with van der Waals surface area (Å²) in [4.78, 5) is 13.8. The van der Waals surface area contributed by atoms with E-state index in [4.69, 9.17) is 9.47 Å². The minimum Gasteiger partial charge on any atom is -0.460 e. The Bertz CT molecular complexity index is 1100. The van der Waals surface area contributed by atoms with E-state index in [-0.39, 0.29) is 22.3 Å². The molecule has 3 aliphatic carbocycles. The maximum atomic E-state index is 13.8. The van der Waals surface area contributed by atoms with Gasteiger partial charge in [-0.05, 0) is 94.0 Å². The molecule has 3 saturated carbocycles. The quantitative estimate of drug-likeness (QED) is 0.267. The van der Waals surface area contributed by atoms with Crippen LogP contribution >= 0.6 is 11.3 Å². The number of esters is 1. The summed E-state index contributed by atoms with van der Waals surface area (Å²) in [6.45, 7) is 6.81. The number of carbonyl (C=O) groups excluding carboxylic acids is 1. The van der Waals surface area contributed by atoms with Gasteiger partial charge < -0.3 is 9.47 Å². The van der Waals surface area contributed by atoms with Gasteiger partial charge in [-0.3, -0.25) is 4.79 Å². The van der Waals surface area contributed by atoms with Gasteiger partial charge in [0, 0.05) is 10.2 Å². The molecule has 2 bridgehead atoms. The highest BCUT2D eigenvalue weighted by molar-refractivity contribution is 7.17. The first-order chi connectivity index (χ1) is 18.7. The number of rotatable bonds is 6. The minimum absolute atomic E-state index is 0.0551. The van der Waals surface area contributed by atoms with Crippen LogP contribution in [0, 0.1) is 10.8 Å². The van der Waals surface area contributed by atoms with Crippen molar-refractivity contribution in [2.75, 3.05) is 6.61 Å². The predicted octanol–water partition coefficient (Wildman–Crippen LogP) is 8.93. The highest BCUT2D eigenvalue weighted by Gasteiger charge is 2.50. The first-order valence-electron chi connectivity index (χ1n) is 15.9. The molecule has 0 saturated heterocycles. The van der Waals surface area contributed by atoms with Gasteiger partial charge in [-0.1, -0.05) is 81.8 Å². The van der Waals surface area contributed by atoms with E-state index in [1.54, 1.807) is 0 Å². The van der Waals surface area contributed by atoms with E-state index in [1.807, 2.05) is 32.1 Å². The van der Waals surface area contributed by atoms with Crippen molar-refractivity contribution in [3.8, 4) is 0 Å². The van der Waals surface area contributed by atoms with Gasteiger partial charge >= 0.3 is 5.97 Å². The second-order valence-electron chi connectivity index (χ2n) is 14.2. The Balaban J connectivity index is 1.41. The van der Waals surface area contributed by atoms with Crippen molar-refractivity contribution >= 4 is 40.1 Å². The molecule has 0 amide bonds. The summed E-state index contributed by atoms with van der Waals surface area (Å²) in [7, 11) is 2.48. The molecule has 0 spiro atoms. The summed E-state index contributed by atoms with van der Waals surface area (Å²) in [5.41, 5.74) is 0.341. The molecule has 3 fully saturated rings. The molecule has 2 atom stereocenters. The van der Waals surface area contributed by atoms with Crippen molar-refractivity contribution in [2.45, 2.75) is 141 Å². The number of benzene rings is 1. The number of hydrogen-bond donors (Lipinski definition) is 0. The van der Waals surface area contributed by atoms with Gasteiger partial charge in [-0.25, -0.2) is 0 Å². The first kappa shape index (κ1) is 29.2. The maximum Gasteiger partial charge on any atom is 0.312 e. The SMILES string of the molecule is CC(C)(C)OC(=O)C12CCCCCC(COC3([B]c4ccc5sccc5c4)CCCCCCC3)(CCCC1)C2. The van der Waals surface area contributed by atoms with Gasteiger partial charge in [0.25, 0.3) is 0 Å². The summed E-state index contributed by atoms with van der Waals surface area (Å²) >= 11 is 1.81. The highest BCUT2D eigenvalue weighted by atomic mass is 32.1. The van der Waals surface area contributed by atoms with Crippen LogP contribution in [0.15, 0.2) is 29.6 Å². The van der Waals surface area contributed by atoms with Crippen LogP contribution in [0.3, 0.4) is 0 Å². The number of thiophene rings is 1. The lowest BCUT2D eigenvalue weighted by Gasteiger charge is -2.45.